The Morgan fingerprint density at radius 2 is 1.57 bits per heavy atom. The third-order valence-electron chi connectivity index (χ3n) is 7.43. The van der Waals surface area contributed by atoms with E-state index in [9.17, 15) is 13.5 Å². The number of aromatic nitrogens is 2. The van der Waals surface area contributed by atoms with Crippen molar-refractivity contribution in [3.63, 3.8) is 0 Å². The predicted octanol–water partition coefficient (Wildman–Crippen LogP) is 5.76. The highest BCUT2D eigenvalue weighted by Gasteiger charge is 2.23. The van der Waals surface area contributed by atoms with E-state index in [0.717, 1.165) is 48.9 Å². The molecule has 1 aliphatic carbocycles. The average molecular weight is 612 g/mol. The molecule has 11 heteroatoms. The van der Waals surface area contributed by atoms with E-state index in [1.165, 1.54) is 0 Å². The average Bonchev–Trinajstić information content (AvgIpc) is 2.95. The summed E-state index contributed by atoms with van der Waals surface area (Å²) >= 11 is 0. The van der Waals surface area contributed by atoms with E-state index in [-0.39, 0.29) is 29.2 Å². The molecule has 3 aromatic carbocycles. The van der Waals surface area contributed by atoms with Crippen LogP contribution in [-0.2, 0) is 23.0 Å². The summed E-state index contributed by atoms with van der Waals surface area (Å²) in [5.41, 5.74) is 4.06. The molecule has 9 nitrogen and oxygen atoms in total. The summed E-state index contributed by atoms with van der Waals surface area (Å²) in [6.07, 6.45) is 4.14. The van der Waals surface area contributed by atoms with Crippen molar-refractivity contribution in [1.29, 1.82) is 0 Å². The van der Waals surface area contributed by atoms with Gasteiger partial charge in [-0.05, 0) is 93.6 Å². The number of anilines is 3. The third-order valence-corrected chi connectivity index (χ3v) is 8.78. The third kappa shape index (κ3) is 7.69. The number of hydrogen-bond acceptors (Lipinski definition) is 8. The van der Waals surface area contributed by atoms with Crippen LogP contribution >= 0.6 is 12.4 Å². The first-order valence-electron chi connectivity index (χ1n) is 13.9. The predicted molar refractivity (Wildman–Crippen MR) is 169 cm³/mol. The van der Waals surface area contributed by atoms with Crippen LogP contribution in [0.5, 0.6) is 5.75 Å². The van der Waals surface area contributed by atoms with Gasteiger partial charge in [0.05, 0.1) is 29.1 Å². The van der Waals surface area contributed by atoms with Crippen LogP contribution in [-0.4, -0.2) is 55.7 Å². The van der Waals surface area contributed by atoms with Crippen molar-refractivity contribution in [2.75, 3.05) is 31.2 Å². The van der Waals surface area contributed by atoms with E-state index >= 15 is 0 Å². The number of aliphatic hydroxyl groups excluding tert-OH is 1. The molecule has 0 spiro atoms. The van der Waals surface area contributed by atoms with Crippen LogP contribution in [0.1, 0.15) is 36.8 Å². The minimum absolute atomic E-state index is 0. The molecular formula is C31H38ClN5O4S. The molecule has 0 unspecified atom stereocenters. The van der Waals surface area contributed by atoms with Gasteiger partial charge in [-0.3, -0.25) is 4.72 Å². The first-order valence-corrected chi connectivity index (χ1v) is 15.3. The van der Waals surface area contributed by atoms with Crippen LogP contribution in [0.2, 0.25) is 0 Å². The van der Waals surface area contributed by atoms with Gasteiger partial charge in [0.1, 0.15) is 5.75 Å². The largest absolute Gasteiger partial charge is 0.497 e. The summed E-state index contributed by atoms with van der Waals surface area (Å²) in [4.78, 5) is 11.6. The number of nitrogens with one attached hydrogen (secondary N) is 2. The van der Waals surface area contributed by atoms with Crippen molar-refractivity contribution in [3.8, 4) is 5.75 Å². The van der Waals surface area contributed by atoms with Gasteiger partial charge in [0.15, 0.2) is 11.6 Å². The molecule has 0 saturated heterocycles. The molecule has 5 rings (SSSR count). The molecule has 1 saturated carbocycles. The van der Waals surface area contributed by atoms with Crippen LogP contribution in [0.3, 0.4) is 0 Å². The Labute approximate surface area is 253 Å². The summed E-state index contributed by atoms with van der Waals surface area (Å²) in [7, 11) is 1.59. The van der Waals surface area contributed by atoms with Crippen molar-refractivity contribution in [2.24, 2.45) is 5.92 Å². The van der Waals surface area contributed by atoms with Gasteiger partial charge in [-0.1, -0.05) is 30.3 Å². The van der Waals surface area contributed by atoms with Crippen molar-refractivity contribution >= 4 is 50.8 Å². The lowest BCUT2D eigenvalue weighted by Crippen LogP contribution is -2.20. The zero-order valence-corrected chi connectivity index (χ0v) is 25.7. The van der Waals surface area contributed by atoms with Crippen molar-refractivity contribution < 1.29 is 18.3 Å². The van der Waals surface area contributed by atoms with E-state index < -0.39 is 10.0 Å². The van der Waals surface area contributed by atoms with Crippen molar-refractivity contribution in [2.45, 2.75) is 49.6 Å². The first kappa shape index (κ1) is 31.5. The van der Waals surface area contributed by atoms with Crippen molar-refractivity contribution in [1.82, 2.24) is 14.9 Å². The summed E-state index contributed by atoms with van der Waals surface area (Å²) < 4.78 is 35.1. The second kappa shape index (κ2) is 13.7. The Hall–Kier alpha value is -3.44. The number of nitrogens with zero attached hydrogens (tertiary/aromatic N) is 3. The van der Waals surface area contributed by atoms with E-state index in [1.807, 2.05) is 67.5 Å². The normalized spacial score (nSPS) is 17.1. The highest BCUT2D eigenvalue weighted by Crippen LogP contribution is 2.34. The van der Waals surface area contributed by atoms with Gasteiger partial charge in [0.25, 0.3) is 10.0 Å². The second-order valence-electron chi connectivity index (χ2n) is 10.9. The Bertz CT molecular complexity index is 1610. The molecule has 1 aliphatic rings. The lowest BCUT2D eigenvalue weighted by atomic mass is 9.83. The van der Waals surface area contributed by atoms with Gasteiger partial charge in [0, 0.05) is 18.3 Å². The fraction of sp³-hybridized carbons (Fsp3) is 0.355. The molecule has 42 heavy (non-hydrogen) atoms. The van der Waals surface area contributed by atoms with Crippen molar-refractivity contribution in [3.05, 3.63) is 77.9 Å². The minimum Gasteiger partial charge on any atom is -0.497 e. The summed E-state index contributed by atoms with van der Waals surface area (Å²) in [6.45, 7) is 0.711. The van der Waals surface area contributed by atoms with Gasteiger partial charge < -0.3 is 20.1 Å². The molecule has 0 atom stereocenters. The highest BCUT2D eigenvalue weighted by atomic mass is 35.5. The molecule has 0 radical (unpaired) electrons. The van der Waals surface area contributed by atoms with Crippen LogP contribution in [0, 0.1) is 5.92 Å². The molecule has 3 N–H and O–H groups in total. The number of hydrogen-bond donors (Lipinski definition) is 3. The Balaban J connectivity index is 0.00000405. The molecule has 0 bridgehead atoms. The van der Waals surface area contributed by atoms with Gasteiger partial charge >= 0.3 is 0 Å². The summed E-state index contributed by atoms with van der Waals surface area (Å²) in [6, 6.07) is 20.0. The number of benzene rings is 3. The fourth-order valence-corrected chi connectivity index (χ4v) is 6.26. The number of halogens is 1. The maximum Gasteiger partial charge on any atom is 0.263 e. The lowest BCUT2D eigenvalue weighted by molar-refractivity contribution is 0.109. The van der Waals surface area contributed by atoms with E-state index in [2.05, 4.69) is 15.0 Å². The van der Waals surface area contributed by atoms with Gasteiger partial charge in [-0.15, -0.1) is 12.4 Å². The lowest BCUT2D eigenvalue weighted by Gasteiger charge is -2.26. The zero-order chi connectivity index (χ0) is 29.0. The Morgan fingerprint density at radius 1 is 0.929 bits per heavy atom. The molecular weight excluding hydrogens is 574 g/mol. The number of aliphatic hydroxyl groups is 1. The maximum atomic E-state index is 13.5. The summed E-state index contributed by atoms with van der Waals surface area (Å²) in [5.74, 6) is 1.52. The Morgan fingerprint density at radius 3 is 2.19 bits per heavy atom. The van der Waals surface area contributed by atoms with Crippen LogP contribution in [0.15, 0.2) is 71.6 Å². The minimum atomic E-state index is -3.95. The quantitative estimate of drug-likeness (QED) is 0.207. The monoisotopic (exact) mass is 611 g/mol. The topological polar surface area (TPSA) is 117 Å². The van der Waals surface area contributed by atoms with Gasteiger partial charge in [0.2, 0.25) is 0 Å². The summed E-state index contributed by atoms with van der Waals surface area (Å²) in [5, 5.41) is 13.3. The number of para-hydroxylation sites is 2. The number of methoxy groups -OCH3 is 1. The number of rotatable bonds is 10. The number of fused-ring (bicyclic) bond motifs is 1. The molecule has 4 aromatic rings. The van der Waals surface area contributed by atoms with Crippen LogP contribution < -0.4 is 14.8 Å². The highest BCUT2D eigenvalue weighted by molar-refractivity contribution is 7.92. The van der Waals surface area contributed by atoms with Crippen LogP contribution in [0.4, 0.5) is 17.3 Å². The first-order chi connectivity index (χ1) is 19.7. The van der Waals surface area contributed by atoms with Gasteiger partial charge in [-0.25, -0.2) is 18.4 Å². The molecule has 224 valence electrons. The second-order valence-corrected chi connectivity index (χ2v) is 12.6. The molecule has 0 aliphatic heterocycles. The SMILES string of the molecule is COc1ccc(CC2CCC(O)CC2)c(Nc2nc3ccccc3nc2NS(=O)(=O)c2ccc(CN(C)C)cc2)c1.Cl. The standard InChI is InChI=1S/C31H37N5O4S.ClH/c1-36(2)20-22-10-16-26(17-11-22)41(38,39)35-31-30(32-27-6-4-5-7-28(27)33-31)34-29-19-25(40-3)15-12-23(29)18-21-8-13-24(37)14-9-21;/h4-7,10-12,15-17,19,21,24,37H,8-9,13-14,18,20H2,1-3H3,(H,32,34)(H,33,35);1H. The molecule has 1 fully saturated rings. The zero-order valence-electron chi connectivity index (χ0n) is 24.1. The smallest absolute Gasteiger partial charge is 0.263 e. The molecule has 1 heterocycles. The number of ether oxygens (including phenoxy) is 1. The maximum absolute atomic E-state index is 13.5. The fourth-order valence-electron chi connectivity index (χ4n) is 5.25. The number of sulfonamides is 1. The van der Waals surface area contributed by atoms with Crippen LogP contribution in [0.25, 0.3) is 11.0 Å². The molecule has 1 aromatic heterocycles. The van der Waals surface area contributed by atoms with E-state index in [1.54, 1.807) is 25.3 Å². The van der Waals surface area contributed by atoms with Gasteiger partial charge in [-0.2, -0.15) is 0 Å². The molecule has 0 amide bonds. The van der Waals surface area contributed by atoms with E-state index in [0.29, 0.717) is 35.1 Å². The Kier molecular flexibility index (Phi) is 10.3. The van der Waals surface area contributed by atoms with E-state index in [4.69, 9.17) is 9.72 Å².